The first kappa shape index (κ1) is 39.1. The van der Waals surface area contributed by atoms with Gasteiger partial charge in [0.15, 0.2) is 23.0 Å². The summed E-state index contributed by atoms with van der Waals surface area (Å²) in [5.74, 6) is -6.98. The number of fused-ring (bicyclic) bond motifs is 4. The molecule has 6 N–H and O–H groups in total. The minimum atomic E-state index is -0.714. The normalized spacial score (nSPS) is 14.1. The second-order valence-electron chi connectivity index (χ2n) is 15.5. The molecule has 6 aromatic carbocycles. The molecule has 0 saturated carbocycles. The van der Waals surface area contributed by atoms with Crippen LogP contribution in [0, 0.1) is 13.8 Å². The maximum Gasteiger partial charge on any atom is 0.282 e. The summed E-state index contributed by atoms with van der Waals surface area (Å²) in [6, 6.07) is 15.6. The van der Waals surface area contributed by atoms with E-state index in [2.05, 4.69) is 10.2 Å². The molecule has 0 spiro atoms. The molecule has 0 aliphatic carbocycles. The molecule has 2 aliphatic heterocycles. The summed E-state index contributed by atoms with van der Waals surface area (Å²) < 4.78 is 0. The van der Waals surface area contributed by atoms with Gasteiger partial charge in [-0.2, -0.15) is 20.2 Å². The quantitative estimate of drug-likeness (QED) is 0.0518. The van der Waals surface area contributed by atoms with Gasteiger partial charge in [0.1, 0.15) is 11.5 Å². The fourth-order valence-corrected chi connectivity index (χ4v) is 8.42. The van der Waals surface area contributed by atoms with Gasteiger partial charge in [0, 0.05) is 33.0 Å². The SMILES string of the molecule is Cc1cc2c(C(C)C)c(O)c(O)c(/C=N/N3C(=O)c4ccccc4C3=O)c2c(O)c1-c1c(C)cc2c(C(C)C)c(O)c(O)c(/C=N/N3C(=O)c4ccccc4C3=O)c2c1O. The van der Waals surface area contributed by atoms with Gasteiger partial charge in [0.05, 0.1) is 45.8 Å². The van der Waals surface area contributed by atoms with Gasteiger partial charge < -0.3 is 30.6 Å². The Morgan fingerprint density at radius 2 is 0.783 bits per heavy atom. The van der Waals surface area contributed by atoms with Crippen LogP contribution in [0.25, 0.3) is 32.7 Å². The molecule has 14 heteroatoms. The van der Waals surface area contributed by atoms with Crippen molar-refractivity contribution in [1.29, 1.82) is 0 Å². The van der Waals surface area contributed by atoms with E-state index >= 15 is 0 Å². The van der Waals surface area contributed by atoms with Crippen LogP contribution in [0.3, 0.4) is 0 Å². The largest absolute Gasteiger partial charge is 0.507 e. The Kier molecular flexibility index (Phi) is 9.11. The van der Waals surface area contributed by atoms with Gasteiger partial charge in [0.2, 0.25) is 0 Å². The third kappa shape index (κ3) is 5.55. The molecule has 0 unspecified atom stereocenters. The summed E-state index contributed by atoms with van der Waals surface area (Å²) in [4.78, 5) is 52.7. The highest BCUT2D eigenvalue weighted by Crippen LogP contribution is 2.54. The maximum atomic E-state index is 13.2. The van der Waals surface area contributed by atoms with E-state index in [0.29, 0.717) is 31.9 Å². The minimum absolute atomic E-state index is 0.0299. The summed E-state index contributed by atoms with van der Waals surface area (Å²) >= 11 is 0. The number of aromatic hydroxyl groups is 6. The van der Waals surface area contributed by atoms with E-state index in [4.69, 9.17) is 0 Å². The van der Waals surface area contributed by atoms with Gasteiger partial charge in [-0.3, -0.25) is 19.2 Å². The standard InChI is InChI=1S/C46H38N4O10/c1-19(2)31-27-15-21(5)33(39(53)35(27)29(37(51)41(31)55)17-47-49-43(57)23-11-7-8-12-24(23)44(49)58)34-22(6)16-28-32(20(3)4)42(56)38(52)30(36(28)40(34)54)18-48-50-45(59)25-13-9-10-14-26(25)46(50)60/h7-20,51-56H,1-6H3/b47-17+,48-18+. The first-order valence-electron chi connectivity index (χ1n) is 19.0. The van der Waals surface area contributed by atoms with E-state index < -0.39 is 70.0 Å². The smallest absolute Gasteiger partial charge is 0.282 e. The van der Waals surface area contributed by atoms with Crippen molar-refractivity contribution in [2.24, 2.45) is 10.2 Å². The molecule has 0 bridgehead atoms. The highest BCUT2D eigenvalue weighted by molar-refractivity contribution is 6.23. The van der Waals surface area contributed by atoms with Crippen LogP contribution >= 0.6 is 0 Å². The van der Waals surface area contributed by atoms with Crippen molar-refractivity contribution in [2.45, 2.75) is 53.4 Å². The molecule has 2 aliphatic rings. The van der Waals surface area contributed by atoms with Gasteiger partial charge in [-0.25, -0.2) is 0 Å². The van der Waals surface area contributed by atoms with Crippen molar-refractivity contribution < 1.29 is 49.8 Å². The number of carbonyl (C=O) groups excluding carboxylic acids is 4. The van der Waals surface area contributed by atoms with Crippen molar-refractivity contribution in [3.05, 3.63) is 116 Å². The molecule has 302 valence electrons. The van der Waals surface area contributed by atoms with Crippen molar-refractivity contribution in [2.75, 3.05) is 0 Å². The molecule has 0 aromatic heterocycles. The summed E-state index contributed by atoms with van der Waals surface area (Å²) in [5, 5.41) is 80.6. The number of nitrogens with zero attached hydrogens (tertiary/aromatic N) is 4. The molecular formula is C46H38N4O10. The van der Waals surface area contributed by atoms with Gasteiger partial charge in [-0.1, -0.05) is 64.1 Å². The fraction of sp³-hybridized carbons (Fsp3) is 0.174. The van der Waals surface area contributed by atoms with E-state index in [1.54, 1.807) is 77.9 Å². The van der Waals surface area contributed by atoms with E-state index in [-0.39, 0.29) is 66.4 Å². The summed E-state index contributed by atoms with van der Waals surface area (Å²) in [6.45, 7) is 10.4. The van der Waals surface area contributed by atoms with Crippen molar-refractivity contribution in [3.63, 3.8) is 0 Å². The Morgan fingerprint density at radius 1 is 0.483 bits per heavy atom. The number of phenols is 6. The van der Waals surface area contributed by atoms with Gasteiger partial charge >= 0.3 is 0 Å². The third-order valence-corrected chi connectivity index (χ3v) is 11.1. The zero-order valence-corrected chi connectivity index (χ0v) is 33.2. The first-order chi connectivity index (χ1) is 28.5. The summed E-state index contributed by atoms with van der Waals surface area (Å²) in [7, 11) is 0. The number of carbonyl (C=O) groups is 4. The first-order valence-corrected chi connectivity index (χ1v) is 19.0. The lowest BCUT2D eigenvalue weighted by Crippen LogP contribution is -2.24. The zero-order valence-electron chi connectivity index (χ0n) is 33.2. The Balaban J connectivity index is 1.38. The van der Waals surface area contributed by atoms with Crippen LogP contribution in [0.4, 0.5) is 0 Å². The Hall–Kier alpha value is -7.74. The minimum Gasteiger partial charge on any atom is -0.507 e. The fourth-order valence-electron chi connectivity index (χ4n) is 8.42. The van der Waals surface area contributed by atoms with Crippen LogP contribution in [0.5, 0.6) is 34.5 Å². The lowest BCUT2D eigenvalue weighted by molar-refractivity contribution is 0.0645. The molecule has 2 heterocycles. The van der Waals surface area contributed by atoms with Crippen LogP contribution in [0.1, 0.15) is 114 Å². The van der Waals surface area contributed by atoms with Gasteiger partial charge in [-0.15, -0.1) is 0 Å². The average molecular weight is 807 g/mol. The van der Waals surface area contributed by atoms with Crippen LogP contribution in [-0.2, 0) is 0 Å². The van der Waals surface area contributed by atoms with E-state index in [1.165, 1.54) is 24.3 Å². The number of rotatable bonds is 7. The van der Waals surface area contributed by atoms with Crippen LogP contribution in [-0.4, -0.2) is 76.7 Å². The number of hydrogen-bond acceptors (Lipinski definition) is 12. The second kappa shape index (κ2) is 14.0. The number of phenolic OH excluding ortho intramolecular Hbond substituents is 6. The van der Waals surface area contributed by atoms with E-state index in [9.17, 15) is 49.8 Å². The third-order valence-electron chi connectivity index (χ3n) is 11.1. The lowest BCUT2D eigenvalue weighted by Gasteiger charge is -2.23. The van der Waals surface area contributed by atoms with Crippen molar-refractivity contribution >= 4 is 57.6 Å². The molecule has 14 nitrogen and oxygen atoms in total. The van der Waals surface area contributed by atoms with Crippen LogP contribution in [0.2, 0.25) is 0 Å². The molecular weight excluding hydrogens is 769 g/mol. The molecule has 8 rings (SSSR count). The summed E-state index contributed by atoms with van der Waals surface area (Å²) in [6.07, 6.45) is 2.00. The second-order valence-corrected chi connectivity index (χ2v) is 15.5. The maximum absolute atomic E-state index is 13.2. The molecule has 6 aromatic rings. The van der Waals surface area contributed by atoms with Crippen LogP contribution in [0.15, 0.2) is 70.9 Å². The number of aryl methyl sites for hydroxylation is 2. The summed E-state index contributed by atoms with van der Waals surface area (Å²) in [5.41, 5.74) is 1.53. The van der Waals surface area contributed by atoms with Gasteiger partial charge in [0.25, 0.3) is 23.6 Å². The molecule has 4 amide bonds. The molecule has 0 saturated heterocycles. The Bertz CT molecular complexity index is 2750. The Morgan fingerprint density at radius 3 is 1.07 bits per heavy atom. The molecule has 60 heavy (non-hydrogen) atoms. The van der Waals surface area contributed by atoms with E-state index in [0.717, 1.165) is 12.4 Å². The highest BCUT2D eigenvalue weighted by atomic mass is 16.3. The number of imide groups is 2. The van der Waals surface area contributed by atoms with E-state index in [1.807, 2.05) is 0 Å². The molecule has 0 radical (unpaired) electrons. The average Bonchev–Trinajstić information content (AvgIpc) is 3.59. The monoisotopic (exact) mass is 806 g/mol. The predicted molar refractivity (Wildman–Crippen MR) is 224 cm³/mol. The van der Waals surface area contributed by atoms with Crippen molar-refractivity contribution in [3.8, 4) is 45.6 Å². The molecule has 0 atom stereocenters. The topological polar surface area (TPSA) is 221 Å². The molecule has 0 fully saturated rings. The lowest BCUT2D eigenvalue weighted by atomic mass is 9.83. The number of amides is 4. The highest BCUT2D eigenvalue weighted by Gasteiger charge is 2.37. The number of benzene rings is 6. The zero-order chi connectivity index (χ0) is 43.2. The number of hydrogen-bond donors (Lipinski definition) is 6. The van der Waals surface area contributed by atoms with Crippen molar-refractivity contribution in [1.82, 2.24) is 10.0 Å². The van der Waals surface area contributed by atoms with Gasteiger partial charge in [-0.05, 0) is 71.8 Å². The number of hydrazone groups is 2. The Labute approximate surface area is 342 Å². The van der Waals surface area contributed by atoms with Crippen LogP contribution < -0.4 is 0 Å². The predicted octanol–water partition coefficient (Wildman–Crippen LogP) is 8.02.